The van der Waals surface area contributed by atoms with Crippen LogP contribution in [0.25, 0.3) is 10.6 Å². The van der Waals surface area contributed by atoms with Crippen LogP contribution in [0.1, 0.15) is 20.8 Å². The molecule has 2 aromatic heterocycles. The third kappa shape index (κ3) is 4.17. The lowest BCUT2D eigenvalue weighted by molar-refractivity contribution is -0.123. The second kappa shape index (κ2) is 7.77. The first kappa shape index (κ1) is 19.5. The van der Waals surface area contributed by atoms with Gasteiger partial charge in [0.05, 0.1) is 4.88 Å². The van der Waals surface area contributed by atoms with Crippen LogP contribution in [-0.2, 0) is 15.1 Å². The normalized spacial score (nSPS) is 11.1. The van der Waals surface area contributed by atoms with Crippen LogP contribution >= 0.6 is 11.3 Å². The van der Waals surface area contributed by atoms with Crippen LogP contribution in [0.3, 0.4) is 0 Å². The number of amides is 2. The maximum Gasteiger partial charge on any atom is 0.267 e. The molecule has 0 fully saturated rings. The maximum absolute atomic E-state index is 12.9. The molecule has 144 valence electrons. The summed E-state index contributed by atoms with van der Waals surface area (Å²) in [5.74, 6) is -0.549. The second-order valence-electron chi connectivity index (χ2n) is 6.72. The number of thiophene rings is 1. The fraction of sp³-hybridized carbons (Fsp3) is 0.200. The molecule has 2 amide bonds. The van der Waals surface area contributed by atoms with E-state index in [0.29, 0.717) is 17.1 Å². The average Bonchev–Trinajstić information content (AvgIpc) is 3.18. The van der Waals surface area contributed by atoms with Crippen LogP contribution in [0, 0.1) is 0 Å². The number of carbonyl (C=O) groups excluding carboxylic acids is 2. The Kier molecular flexibility index (Phi) is 5.41. The van der Waals surface area contributed by atoms with Crippen molar-refractivity contribution in [3.8, 4) is 10.6 Å². The Hall–Kier alpha value is -3.26. The molecule has 0 radical (unpaired) electrons. The SMILES string of the molecule is CC(=O)Nc1ccc(NC(=O)C(C)(C)n2nc(-c3cccs3)ccc2=O)cc1. The van der Waals surface area contributed by atoms with Gasteiger partial charge in [0.25, 0.3) is 11.5 Å². The number of hydrogen-bond acceptors (Lipinski definition) is 5. The molecule has 0 spiro atoms. The van der Waals surface area contributed by atoms with E-state index in [-0.39, 0.29) is 17.4 Å². The summed E-state index contributed by atoms with van der Waals surface area (Å²) in [6, 6.07) is 13.6. The molecule has 0 atom stereocenters. The predicted molar refractivity (Wildman–Crippen MR) is 111 cm³/mol. The van der Waals surface area contributed by atoms with Gasteiger partial charge in [0, 0.05) is 24.4 Å². The maximum atomic E-state index is 12.9. The number of carbonyl (C=O) groups is 2. The van der Waals surface area contributed by atoms with E-state index in [1.54, 1.807) is 44.2 Å². The topological polar surface area (TPSA) is 93.1 Å². The molecule has 0 aliphatic heterocycles. The summed E-state index contributed by atoms with van der Waals surface area (Å²) < 4.78 is 1.20. The van der Waals surface area contributed by atoms with Crippen LogP contribution in [0.15, 0.2) is 58.7 Å². The van der Waals surface area contributed by atoms with Crippen LogP contribution in [0.4, 0.5) is 11.4 Å². The summed E-state index contributed by atoms with van der Waals surface area (Å²) in [6.07, 6.45) is 0. The number of nitrogens with zero attached hydrogens (tertiary/aromatic N) is 2. The standard InChI is InChI=1S/C20H20N4O3S/c1-13(25)21-14-6-8-15(9-7-14)22-19(27)20(2,3)24-18(26)11-10-16(23-24)17-5-4-12-28-17/h4-12H,1-3H3,(H,21,25)(H,22,27). The van der Waals surface area contributed by atoms with Gasteiger partial charge in [-0.05, 0) is 55.6 Å². The molecule has 0 saturated carbocycles. The van der Waals surface area contributed by atoms with E-state index in [1.165, 1.54) is 29.0 Å². The van der Waals surface area contributed by atoms with Gasteiger partial charge in [0.1, 0.15) is 11.2 Å². The summed E-state index contributed by atoms with van der Waals surface area (Å²) >= 11 is 1.51. The van der Waals surface area contributed by atoms with E-state index in [9.17, 15) is 14.4 Å². The van der Waals surface area contributed by atoms with Crippen LogP contribution in [0.5, 0.6) is 0 Å². The van der Waals surface area contributed by atoms with Crippen molar-refractivity contribution >= 4 is 34.5 Å². The van der Waals surface area contributed by atoms with Crippen molar-refractivity contribution in [1.82, 2.24) is 9.78 Å². The molecule has 7 nitrogen and oxygen atoms in total. The molecule has 1 aromatic carbocycles. The molecule has 28 heavy (non-hydrogen) atoms. The van der Waals surface area contributed by atoms with Crippen LogP contribution in [0.2, 0.25) is 0 Å². The van der Waals surface area contributed by atoms with Crippen LogP contribution < -0.4 is 16.2 Å². The zero-order valence-electron chi connectivity index (χ0n) is 15.7. The van der Waals surface area contributed by atoms with Gasteiger partial charge in [-0.2, -0.15) is 5.10 Å². The first-order valence-electron chi connectivity index (χ1n) is 8.61. The number of aromatic nitrogens is 2. The van der Waals surface area contributed by atoms with Crippen molar-refractivity contribution in [2.24, 2.45) is 0 Å². The third-order valence-corrected chi connectivity index (χ3v) is 5.01. The molecule has 0 unspecified atom stereocenters. The zero-order valence-corrected chi connectivity index (χ0v) is 16.5. The van der Waals surface area contributed by atoms with Crippen molar-refractivity contribution in [3.63, 3.8) is 0 Å². The Morgan fingerprint density at radius 2 is 1.64 bits per heavy atom. The minimum Gasteiger partial charge on any atom is -0.326 e. The molecule has 0 aliphatic carbocycles. The van der Waals surface area contributed by atoms with Gasteiger partial charge < -0.3 is 10.6 Å². The van der Waals surface area contributed by atoms with E-state index in [1.807, 2.05) is 17.5 Å². The lowest BCUT2D eigenvalue weighted by Crippen LogP contribution is -2.47. The van der Waals surface area contributed by atoms with Gasteiger partial charge in [0.15, 0.2) is 0 Å². The second-order valence-corrected chi connectivity index (χ2v) is 7.67. The van der Waals surface area contributed by atoms with E-state index in [2.05, 4.69) is 15.7 Å². The Morgan fingerprint density at radius 3 is 2.21 bits per heavy atom. The number of anilines is 2. The predicted octanol–water partition coefficient (Wildman–Crippen LogP) is 3.30. The highest BCUT2D eigenvalue weighted by molar-refractivity contribution is 7.13. The Bertz CT molecular complexity index is 1050. The van der Waals surface area contributed by atoms with E-state index < -0.39 is 5.54 Å². The fourth-order valence-electron chi connectivity index (χ4n) is 2.59. The smallest absolute Gasteiger partial charge is 0.267 e. The average molecular weight is 396 g/mol. The van der Waals surface area contributed by atoms with Gasteiger partial charge in [-0.15, -0.1) is 11.3 Å². The van der Waals surface area contributed by atoms with Gasteiger partial charge in [-0.3, -0.25) is 14.4 Å². The minimum absolute atomic E-state index is 0.172. The lowest BCUT2D eigenvalue weighted by atomic mass is 10.0. The number of hydrogen-bond donors (Lipinski definition) is 2. The number of nitrogens with one attached hydrogen (secondary N) is 2. The lowest BCUT2D eigenvalue weighted by Gasteiger charge is -2.25. The summed E-state index contributed by atoms with van der Waals surface area (Å²) in [5, 5.41) is 11.8. The summed E-state index contributed by atoms with van der Waals surface area (Å²) in [4.78, 5) is 37.2. The monoisotopic (exact) mass is 396 g/mol. The van der Waals surface area contributed by atoms with Crippen molar-refractivity contribution in [2.45, 2.75) is 26.3 Å². The molecule has 0 saturated heterocycles. The first-order chi connectivity index (χ1) is 13.3. The first-order valence-corrected chi connectivity index (χ1v) is 9.49. The molecular formula is C20H20N4O3S. The minimum atomic E-state index is -1.21. The molecular weight excluding hydrogens is 376 g/mol. The molecule has 2 heterocycles. The molecule has 0 bridgehead atoms. The molecule has 2 N–H and O–H groups in total. The quantitative estimate of drug-likeness (QED) is 0.692. The fourth-order valence-corrected chi connectivity index (χ4v) is 3.28. The van der Waals surface area contributed by atoms with E-state index >= 15 is 0 Å². The van der Waals surface area contributed by atoms with Gasteiger partial charge in [-0.25, -0.2) is 4.68 Å². The highest BCUT2D eigenvalue weighted by Gasteiger charge is 2.32. The summed E-state index contributed by atoms with van der Waals surface area (Å²) in [5.41, 5.74) is 0.248. The Morgan fingerprint density at radius 1 is 1.00 bits per heavy atom. The Labute approximate surface area is 166 Å². The van der Waals surface area contributed by atoms with Crippen molar-refractivity contribution in [2.75, 3.05) is 10.6 Å². The van der Waals surface area contributed by atoms with E-state index in [4.69, 9.17) is 0 Å². The Balaban J connectivity index is 1.84. The summed E-state index contributed by atoms with van der Waals surface area (Å²) in [6.45, 7) is 4.70. The zero-order chi connectivity index (χ0) is 20.3. The van der Waals surface area contributed by atoms with Crippen LogP contribution in [-0.4, -0.2) is 21.6 Å². The number of rotatable bonds is 5. The summed E-state index contributed by atoms with van der Waals surface area (Å²) in [7, 11) is 0. The molecule has 0 aliphatic rings. The number of benzene rings is 1. The largest absolute Gasteiger partial charge is 0.326 e. The molecule has 3 rings (SSSR count). The van der Waals surface area contributed by atoms with Crippen molar-refractivity contribution < 1.29 is 9.59 Å². The third-order valence-electron chi connectivity index (χ3n) is 4.12. The van der Waals surface area contributed by atoms with Gasteiger partial charge in [-0.1, -0.05) is 6.07 Å². The molecule has 8 heteroatoms. The van der Waals surface area contributed by atoms with Gasteiger partial charge in [0.2, 0.25) is 5.91 Å². The van der Waals surface area contributed by atoms with Gasteiger partial charge >= 0.3 is 0 Å². The highest BCUT2D eigenvalue weighted by atomic mass is 32.1. The molecule has 3 aromatic rings. The van der Waals surface area contributed by atoms with Crippen molar-refractivity contribution in [3.05, 3.63) is 64.3 Å². The highest BCUT2D eigenvalue weighted by Crippen LogP contribution is 2.23. The van der Waals surface area contributed by atoms with E-state index in [0.717, 1.165) is 4.88 Å². The van der Waals surface area contributed by atoms with Crippen molar-refractivity contribution in [1.29, 1.82) is 0 Å².